The molecule has 5 nitrogen and oxygen atoms in total. The molecule has 1 aromatic carbocycles. The Labute approximate surface area is 112 Å². The highest BCUT2D eigenvalue weighted by molar-refractivity contribution is 5.98. The first-order valence-corrected chi connectivity index (χ1v) is 5.99. The molecule has 1 aliphatic rings. The van der Waals surface area contributed by atoms with Crippen molar-refractivity contribution in [1.29, 1.82) is 0 Å². The number of nitrogens with zero attached hydrogens (tertiary/aromatic N) is 1. The fourth-order valence-electron chi connectivity index (χ4n) is 2.21. The number of methoxy groups -OCH3 is 1. The average Bonchev–Trinajstić information content (AvgIpc) is 2.37. The van der Waals surface area contributed by atoms with E-state index in [1.807, 2.05) is 31.2 Å². The van der Waals surface area contributed by atoms with E-state index in [0.717, 1.165) is 17.0 Å². The number of nitrogens with one attached hydrogen (secondary N) is 1. The average molecular weight is 259 g/mol. The zero-order valence-corrected chi connectivity index (χ0v) is 11.2. The van der Waals surface area contributed by atoms with Crippen molar-refractivity contribution < 1.29 is 9.53 Å². The molecule has 5 heteroatoms. The smallest absolute Gasteiger partial charge is 0.193 e. The third kappa shape index (κ3) is 2.59. The van der Waals surface area contributed by atoms with E-state index >= 15 is 0 Å². The number of carbonyl (C=O) groups excluding carboxylic acids is 1. The molecule has 0 fully saturated rings. The van der Waals surface area contributed by atoms with Crippen molar-refractivity contribution in [3.05, 3.63) is 41.1 Å². The molecule has 19 heavy (non-hydrogen) atoms. The topological polar surface area (TPSA) is 76.7 Å². The minimum absolute atomic E-state index is 0.0194. The Balaban J connectivity index is 2.50. The summed E-state index contributed by atoms with van der Waals surface area (Å²) in [5.41, 5.74) is 8.00. The Hall–Kier alpha value is -2.30. The monoisotopic (exact) mass is 259 g/mol. The Bertz CT molecular complexity index is 576. The van der Waals surface area contributed by atoms with E-state index < -0.39 is 0 Å². The van der Waals surface area contributed by atoms with E-state index in [9.17, 15) is 4.79 Å². The van der Waals surface area contributed by atoms with Crippen molar-refractivity contribution in [3.8, 4) is 5.75 Å². The Morgan fingerprint density at radius 3 is 2.84 bits per heavy atom. The maximum atomic E-state index is 11.8. The van der Waals surface area contributed by atoms with Gasteiger partial charge in [0.2, 0.25) is 0 Å². The highest BCUT2D eigenvalue weighted by Gasteiger charge is 2.26. The summed E-state index contributed by atoms with van der Waals surface area (Å²) in [7, 11) is 1.60. The summed E-state index contributed by atoms with van der Waals surface area (Å²) in [5.74, 6) is 1.02. The zero-order chi connectivity index (χ0) is 14.0. The molecule has 2 rings (SSSR count). The second kappa shape index (κ2) is 5.14. The number of ether oxygens (including phenoxy) is 1. The molecule has 0 saturated heterocycles. The number of Topliss-reactive ketones (excluding diaryl/α,β-unsaturated/α-hetero) is 1. The van der Waals surface area contributed by atoms with Crippen LogP contribution in [0, 0.1) is 0 Å². The van der Waals surface area contributed by atoms with Gasteiger partial charge in [0.25, 0.3) is 0 Å². The van der Waals surface area contributed by atoms with Crippen LogP contribution in [0.5, 0.6) is 5.75 Å². The lowest BCUT2D eigenvalue weighted by Gasteiger charge is -2.24. The third-order valence-electron chi connectivity index (χ3n) is 3.05. The number of benzene rings is 1. The van der Waals surface area contributed by atoms with Crippen LogP contribution >= 0.6 is 0 Å². The number of rotatable bonds is 3. The molecule has 1 aliphatic heterocycles. The molecule has 0 aliphatic carbocycles. The van der Waals surface area contributed by atoms with Crippen molar-refractivity contribution in [3.63, 3.8) is 0 Å². The van der Waals surface area contributed by atoms with E-state index in [1.54, 1.807) is 7.11 Å². The fourth-order valence-corrected chi connectivity index (χ4v) is 2.21. The second-order valence-corrected chi connectivity index (χ2v) is 4.41. The predicted molar refractivity (Wildman–Crippen MR) is 73.9 cm³/mol. The molecule has 1 atom stereocenters. The first-order chi connectivity index (χ1) is 9.02. The molecule has 1 heterocycles. The SMILES string of the molecule is COc1cccc(C2N=C(N)NC(C)=C2C(C)=O)c1. The normalized spacial score (nSPS) is 18.7. The van der Waals surface area contributed by atoms with Gasteiger partial charge in [-0.2, -0.15) is 0 Å². The lowest BCUT2D eigenvalue weighted by molar-refractivity contribution is -0.113. The number of allylic oxidation sites excluding steroid dienone is 1. The molecule has 0 radical (unpaired) electrons. The van der Waals surface area contributed by atoms with Gasteiger partial charge in [-0.1, -0.05) is 12.1 Å². The molecule has 1 aromatic rings. The van der Waals surface area contributed by atoms with Crippen LogP contribution in [0.1, 0.15) is 25.5 Å². The van der Waals surface area contributed by atoms with Crippen LogP contribution < -0.4 is 15.8 Å². The molecular weight excluding hydrogens is 242 g/mol. The summed E-state index contributed by atoms with van der Waals surface area (Å²) in [4.78, 5) is 16.1. The van der Waals surface area contributed by atoms with Gasteiger partial charge in [-0.05, 0) is 31.5 Å². The van der Waals surface area contributed by atoms with Gasteiger partial charge in [0.15, 0.2) is 11.7 Å². The fraction of sp³-hybridized carbons (Fsp3) is 0.286. The standard InChI is InChI=1S/C14H17N3O2/c1-8-12(9(2)18)13(17-14(15)16-8)10-5-4-6-11(7-10)19-3/h4-7,13H,1-3H3,(H3,15,16,17). The molecule has 0 amide bonds. The van der Waals surface area contributed by atoms with Gasteiger partial charge in [0.05, 0.1) is 7.11 Å². The Kier molecular flexibility index (Phi) is 3.55. The molecular formula is C14H17N3O2. The first-order valence-electron chi connectivity index (χ1n) is 5.99. The maximum absolute atomic E-state index is 11.8. The van der Waals surface area contributed by atoms with Crippen molar-refractivity contribution >= 4 is 11.7 Å². The minimum Gasteiger partial charge on any atom is -0.497 e. The van der Waals surface area contributed by atoms with Crippen LogP contribution in [0.25, 0.3) is 0 Å². The number of hydrogen-bond acceptors (Lipinski definition) is 5. The molecule has 0 spiro atoms. The molecule has 0 saturated carbocycles. The number of carbonyl (C=O) groups is 1. The van der Waals surface area contributed by atoms with Crippen LogP contribution in [0.2, 0.25) is 0 Å². The molecule has 0 aromatic heterocycles. The molecule has 0 bridgehead atoms. The third-order valence-corrected chi connectivity index (χ3v) is 3.05. The summed E-state index contributed by atoms with van der Waals surface area (Å²) >= 11 is 0. The lowest BCUT2D eigenvalue weighted by atomic mass is 9.94. The quantitative estimate of drug-likeness (QED) is 0.862. The Morgan fingerprint density at radius 1 is 1.47 bits per heavy atom. The van der Waals surface area contributed by atoms with E-state index in [0.29, 0.717) is 11.5 Å². The van der Waals surface area contributed by atoms with E-state index in [1.165, 1.54) is 6.92 Å². The first kappa shape index (κ1) is 13.1. The Morgan fingerprint density at radius 2 is 2.21 bits per heavy atom. The van der Waals surface area contributed by atoms with Gasteiger partial charge >= 0.3 is 0 Å². The van der Waals surface area contributed by atoms with Crippen LogP contribution in [-0.4, -0.2) is 18.9 Å². The molecule has 1 unspecified atom stereocenters. The largest absolute Gasteiger partial charge is 0.497 e. The lowest BCUT2D eigenvalue weighted by Crippen LogP contribution is -2.36. The summed E-state index contributed by atoms with van der Waals surface area (Å²) in [6.07, 6.45) is 0. The van der Waals surface area contributed by atoms with Gasteiger partial charge in [-0.15, -0.1) is 0 Å². The highest BCUT2D eigenvalue weighted by atomic mass is 16.5. The van der Waals surface area contributed by atoms with Crippen molar-refractivity contribution in [2.24, 2.45) is 10.7 Å². The highest BCUT2D eigenvalue weighted by Crippen LogP contribution is 2.32. The van der Waals surface area contributed by atoms with Crippen LogP contribution in [-0.2, 0) is 4.79 Å². The van der Waals surface area contributed by atoms with Gasteiger partial charge in [0, 0.05) is 11.3 Å². The van der Waals surface area contributed by atoms with Crippen molar-refractivity contribution in [1.82, 2.24) is 5.32 Å². The van der Waals surface area contributed by atoms with Gasteiger partial charge in [-0.3, -0.25) is 4.79 Å². The summed E-state index contributed by atoms with van der Waals surface area (Å²) in [6, 6.07) is 7.11. The number of hydrogen-bond donors (Lipinski definition) is 2. The minimum atomic E-state index is -0.381. The van der Waals surface area contributed by atoms with Gasteiger partial charge in [-0.25, -0.2) is 4.99 Å². The zero-order valence-electron chi connectivity index (χ0n) is 11.2. The summed E-state index contributed by atoms with van der Waals surface area (Å²) in [5, 5.41) is 2.89. The van der Waals surface area contributed by atoms with E-state index in [4.69, 9.17) is 10.5 Å². The van der Waals surface area contributed by atoms with Gasteiger partial charge < -0.3 is 15.8 Å². The van der Waals surface area contributed by atoms with Crippen molar-refractivity contribution in [2.75, 3.05) is 7.11 Å². The predicted octanol–water partition coefficient (Wildman–Crippen LogP) is 1.52. The second-order valence-electron chi connectivity index (χ2n) is 4.41. The van der Waals surface area contributed by atoms with E-state index in [-0.39, 0.29) is 11.8 Å². The number of aliphatic imine (C=N–C) groups is 1. The van der Waals surface area contributed by atoms with Crippen molar-refractivity contribution in [2.45, 2.75) is 19.9 Å². The van der Waals surface area contributed by atoms with E-state index in [2.05, 4.69) is 10.3 Å². The maximum Gasteiger partial charge on any atom is 0.193 e. The number of nitrogens with two attached hydrogens (primary N) is 1. The van der Waals surface area contributed by atoms with Crippen LogP contribution in [0.3, 0.4) is 0 Å². The van der Waals surface area contributed by atoms with Crippen LogP contribution in [0.15, 0.2) is 40.5 Å². The molecule has 100 valence electrons. The molecule has 3 N–H and O–H groups in total. The van der Waals surface area contributed by atoms with Gasteiger partial charge in [0.1, 0.15) is 11.8 Å². The van der Waals surface area contributed by atoms with Crippen LogP contribution in [0.4, 0.5) is 0 Å². The number of guanidine groups is 1. The number of ketones is 1. The summed E-state index contributed by atoms with van der Waals surface area (Å²) < 4.78 is 5.20. The summed E-state index contributed by atoms with van der Waals surface area (Å²) in [6.45, 7) is 3.36.